The van der Waals surface area contributed by atoms with Crippen molar-refractivity contribution < 1.29 is 4.79 Å². The van der Waals surface area contributed by atoms with Gasteiger partial charge in [-0.25, -0.2) is 0 Å². The van der Waals surface area contributed by atoms with Crippen LogP contribution in [0, 0.1) is 5.41 Å². The second-order valence-corrected chi connectivity index (χ2v) is 5.91. The lowest BCUT2D eigenvalue weighted by Crippen LogP contribution is -2.49. The second-order valence-electron chi connectivity index (χ2n) is 5.91. The molecule has 1 fully saturated rings. The van der Waals surface area contributed by atoms with Crippen molar-refractivity contribution >= 4 is 5.91 Å². The van der Waals surface area contributed by atoms with E-state index in [1.54, 1.807) is 0 Å². The van der Waals surface area contributed by atoms with Crippen LogP contribution in [-0.2, 0) is 4.79 Å². The fourth-order valence-corrected chi connectivity index (χ4v) is 2.72. The molecule has 0 aromatic rings. The molecule has 1 heterocycles. The van der Waals surface area contributed by atoms with E-state index >= 15 is 0 Å². The van der Waals surface area contributed by atoms with Gasteiger partial charge >= 0.3 is 0 Å². The average Bonchev–Trinajstić information content (AvgIpc) is 2.29. The van der Waals surface area contributed by atoms with Crippen molar-refractivity contribution in [3.63, 3.8) is 0 Å². The number of hydrogen-bond donors (Lipinski definition) is 1. The zero-order valence-electron chi connectivity index (χ0n) is 11.9. The van der Waals surface area contributed by atoms with Crippen LogP contribution in [0.5, 0.6) is 0 Å². The number of rotatable bonds is 4. The highest BCUT2D eigenvalue weighted by atomic mass is 16.2. The number of nitrogens with one attached hydrogen (secondary N) is 1. The van der Waals surface area contributed by atoms with Gasteiger partial charge in [-0.2, -0.15) is 0 Å². The summed E-state index contributed by atoms with van der Waals surface area (Å²) in [5.41, 5.74) is 0.169. The molecule has 0 aromatic carbocycles. The summed E-state index contributed by atoms with van der Waals surface area (Å²) in [7, 11) is 3.96. The first-order valence-corrected chi connectivity index (χ1v) is 6.55. The number of amides is 1. The first kappa shape index (κ1) is 14.5. The summed E-state index contributed by atoms with van der Waals surface area (Å²) in [4.78, 5) is 16.7. The molecule has 0 aromatic heterocycles. The summed E-state index contributed by atoms with van der Waals surface area (Å²) in [5.74, 6) is 0.272. The molecule has 100 valence electrons. The van der Waals surface area contributed by atoms with E-state index < -0.39 is 0 Å². The molecular formula is C13H27N3O. The Balaban J connectivity index is 2.89. The Bertz CT molecular complexity index is 265. The van der Waals surface area contributed by atoms with Crippen LogP contribution in [0.3, 0.4) is 0 Å². The largest absolute Gasteiger partial charge is 0.341 e. The van der Waals surface area contributed by atoms with Crippen LogP contribution < -0.4 is 5.32 Å². The van der Waals surface area contributed by atoms with E-state index in [1.165, 1.54) is 0 Å². The molecule has 0 aliphatic carbocycles. The van der Waals surface area contributed by atoms with Crippen molar-refractivity contribution in [2.24, 2.45) is 5.41 Å². The van der Waals surface area contributed by atoms with Crippen molar-refractivity contribution in [2.75, 3.05) is 40.3 Å². The molecule has 1 atom stereocenters. The molecule has 1 aliphatic rings. The Hall–Kier alpha value is -0.610. The van der Waals surface area contributed by atoms with Crippen LogP contribution in [0.2, 0.25) is 0 Å². The molecular weight excluding hydrogens is 214 g/mol. The SMILES string of the molecule is CCCN1CC(C)(C)CN(C)C(CNC)C1=O. The third kappa shape index (κ3) is 3.68. The number of nitrogens with zero attached hydrogens (tertiary/aromatic N) is 2. The van der Waals surface area contributed by atoms with E-state index in [2.05, 4.69) is 38.0 Å². The van der Waals surface area contributed by atoms with E-state index in [0.717, 1.165) is 32.6 Å². The predicted molar refractivity (Wildman–Crippen MR) is 71.0 cm³/mol. The predicted octanol–water partition coefficient (Wildman–Crippen LogP) is 0.785. The van der Waals surface area contributed by atoms with Gasteiger partial charge in [-0.1, -0.05) is 20.8 Å². The quantitative estimate of drug-likeness (QED) is 0.790. The number of carbonyl (C=O) groups excluding carboxylic acids is 1. The first-order chi connectivity index (χ1) is 7.91. The molecule has 17 heavy (non-hydrogen) atoms. The number of hydrogen-bond acceptors (Lipinski definition) is 3. The number of likely N-dealkylation sites (N-methyl/N-ethyl adjacent to an activating group) is 2. The lowest BCUT2D eigenvalue weighted by molar-refractivity contribution is -0.135. The van der Waals surface area contributed by atoms with Gasteiger partial charge in [0.15, 0.2) is 0 Å². The monoisotopic (exact) mass is 241 g/mol. The van der Waals surface area contributed by atoms with E-state index in [1.807, 2.05) is 11.9 Å². The summed E-state index contributed by atoms with van der Waals surface area (Å²) in [6.07, 6.45) is 1.03. The third-order valence-electron chi connectivity index (χ3n) is 3.32. The van der Waals surface area contributed by atoms with Crippen molar-refractivity contribution in [2.45, 2.75) is 33.2 Å². The van der Waals surface area contributed by atoms with E-state index in [4.69, 9.17) is 0 Å². The summed E-state index contributed by atoms with van der Waals surface area (Å²) in [6, 6.07) is -0.0201. The maximum absolute atomic E-state index is 12.5. The van der Waals surface area contributed by atoms with Gasteiger partial charge in [0.25, 0.3) is 0 Å². The van der Waals surface area contributed by atoms with Crippen LogP contribution in [-0.4, -0.2) is 62.0 Å². The molecule has 1 N–H and O–H groups in total. The molecule has 0 saturated carbocycles. The highest BCUT2D eigenvalue weighted by Crippen LogP contribution is 2.24. The van der Waals surface area contributed by atoms with Gasteiger partial charge in [0.2, 0.25) is 5.91 Å². The Morgan fingerprint density at radius 2 is 2.06 bits per heavy atom. The highest BCUT2D eigenvalue weighted by Gasteiger charge is 2.36. The summed E-state index contributed by atoms with van der Waals surface area (Å²) in [6.45, 7) is 10.0. The molecule has 1 rings (SSSR count). The van der Waals surface area contributed by atoms with Gasteiger partial charge in [0, 0.05) is 26.2 Å². The second kappa shape index (κ2) is 5.83. The maximum atomic E-state index is 12.5. The topological polar surface area (TPSA) is 35.6 Å². The minimum atomic E-state index is -0.0201. The van der Waals surface area contributed by atoms with Crippen LogP contribution >= 0.6 is 0 Å². The maximum Gasteiger partial charge on any atom is 0.241 e. The van der Waals surface area contributed by atoms with E-state index in [0.29, 0.717) is 0 Å². The molecule has 0 spiro atoms. The molecule has 4 heteroatoms. The fraction of sp³-hybridized carbons (Fsp3) is 0.923. The van der Waals surface area contributed by atoms with Gasteiger partial charge in [0.05, 0.1) is 0 Å². The molecule has 1 aliphatic heterocycles. The van der Waals surface area contributed by atoms with Crippen LogP contribution in [0.4, 0.5) is 0 Å². The van der Waals surface area contributed by atoms with Gasteiger partial charge < -0.3 is 10.2 Å². The minimum absolute atomic E-state index is 0.0201. The van der Waals surface area contributed by atoms with Crippen LogP contribution in [0.1, 0.15) is 27.2 Å². The standard InChI is InChI=1S/C13H27N3O/c1-6-7-16-10-13(2,3)9-15(5)11(8-14-4)12(16)17/h11,14H,6-10H2,1-5H3. The summed E-state index contributed by atoms with van der Waals surface area (Å²) in [5, 5.41) is 3.13. The minimum Gasteiger partial charge on any atom is -0.341 e. The number of carbonyl (C=O) groups is 1. The Kier molecular flexibility index (Phi) is 4.95. The smallest absolute Gasteiger partial charge is 0.241 e. The van der Waals surface area contributed by atoms with Gasteiger partial charge in [-0.15, -0.1) is 0 Å². The van der Waals surface area contributed by atoms with Crippen LogP contribution in [0.15, 0.2) is 0 Å². The lowest BCUT2D eigenvalue weighted by Gasteiger charge is -2.29. The molecule has 0 radical (unpaired) electrons. The zero-order valence-corrected chi connectivity index (χ0v) is 11.9. The van der Waals surface area contributed by atoms with Crippen molar-refractivity contribution in [1.82, 2.24) is 15.1 Å². The highest BCUT2D eigenvalue weighted by molar-refractivity contribution is 5.82. The lowest BCUT2D eigenvalue weighted by atomic mass is 9.92. The van der Waals surface area contributed by atoms with Gasteiger partial charge in [0.1, 0.15) is 6.04 Å². The first-order valence-electron chi connectivity index (χ1n) is 6.55. The van der Waals surface area contributed by atoms with Gasteiger partial charge in [-0.3, -0.25) is 9.69 Å². The Morgan fingerprint density at radius 1 is 1.41 bits per heavy atom. The summed E-state index contributed by atoms with van der Waals surface area (Å²) >= 11 is 0. The average molecular weight is 241 g/mol. The molecule has 1 amide bonds. The van der Waals surface area contributed by atoms with Crippen molar-refractivity contribution in [3.8, 4) is 0 Å². The van der Waals surface area contributed by atoms with E-state index in [-0.39, 0.29) is 17.4 Å². The van der Waals surface area contributed by atoms with Gasteiger partial charge in [-0.05, 0) is 25.9 Å². The molecule has 4 nitrogen and oxygen atoms in total. The third-order valence-corrected chi connectivity index (χ3v) is 3.32. The van der Waals surface area contributed by atoms with Crippen LogP contribution in [0.25, 0.3) is 0 Å². The fourth-order valence-electron chi connectivity index (χ4n) is 2.72. The zero-order chi connectivity index (χ0) is 13.1. The van der Waals surface area contributed by atoms with Crippen molar-refractivity contribution in [3.05, 3.63) is 0 Å². The normalized spacial score (nSPS) is 26.1. The van der Waals surface area contributed by atoms with E-state index in [9.17, 15) is 4.79 Å². The Morgan fingerprint density at radius 3 is 2.59 bits per heavy atom. The summed E-state index contributed by atoms with van der Waals surface area (Å²) < 4.78 is 0. The Labute approximate surface area is 105 Å². The van der Waals surface area contributed by atoms with Crippen molar-refractivity contribution in [1.29, 1.82) is 0 Å². The molecule has 1 saturated heterocycles. The molecule has 0 bridgehead atoms. The molecule has 1 unspecified atom stereocenters.